The molecule has 0 aromatic carbocycles. The molecule has 2 aromatic rings. The number of amides is 2. The number of carboxylic acids is 1. The van der Waals surface area contributed by atoms with Crippen molar-refractivity contribution in [2.75, 3.05) is 7.11 Å². The maximum absolute atomic E-state index is 12.5. The van der Waals surface area contributed by atoms with E-state index in [4.69, 9.17) is 0 Å². The zero-order valence-corrected chi connectivity index (χ0v) is 20.1. The van der Waals surface area contributed by atoms with Crippen LogP contribution in [0.2, 0.25) is 0 Å². The number of hydrogen-bond acceptors (Lipinski definition) is 8. The first-order chi connectivity index (χ1) is 15.9. The number of imidazole rings is 1. The van der Waals surface area contributed by atoms with Crippen LogP contribution in [0.5, 0.6) is 0 Å². The Kier molecular flexibility index (Phi) is 6.14. The number of nitrogens with zero attached hydrogens (tertiary/aromatic N) is 3. The van der Waals surface area contributed by atoms with Crippen molar-refractivity contribution in [3.05, 3.63) is 34.9 Å². The number of ether oxygens (including phenoxy) is 1. The number of aromatic nitrogens is 2. The predicted molar refractivity (Wildman–Crippen MR) is 116 cm³/mol. The number of fused-ring (bicyclic) bond motifs is 2. The normalized spacial score (nSPS) is 23.1. The van der Waals surface area contributed by atoms with E-state index in [2.05, 4.69) is 9.46 Å². The molecule has 2 aromatic heterocycles. The Hall–Kier alpha value is -3.01. The van der Waals surface area contributed by atoms with Gasteiger partial charge in [-0.2, -0.15) is 17.5 Å². The fourth-order valence-corrected chi connectivity index (χ4v) is 6.19. The summed E-state index contributed by atoms with van der Waals surface area (Å²) in [5.74, 6) is -2.49. The van der Waals surface area contributed by atoms with E-state index in [1.807, 2.05) is 6.92 Å². The van der Waals surface area contributed by atoms with Gasteiger partial charge in [-0.1, -0.05) is 18.3 Å². The van der Waals surface area contributed by atoms with E-state index in [0.29, 0.717) is 11.3 Å². The number of nitrogens with one attached hydrogen (secondary N) is 2. The van der Waals surface area contributed by atoms with Gasteiger partial charge in [-0.05, 0) is 6.92 Å². The van der Waals surface area contributed by atoms with Crippen molar-refractivity contribution in [3.8, 4) is 0 Å². The SMILES string of the molecule is COC(=O)NS(=O)(=O)NCc1csc2c[n+](CC3=C(C(=O)O)N4C(=O)[C@H]([C@@H](C)O)[C@H]4[C@H]3C)cn12. The predicted octanol–water partition coefficient (Wildman–Crippen LogP) is -0.825. The number of aliphatic carboxylic acids is 1. The summed E-state index contributed by atoms with van der Waals surface area (Å²) in [6, 6.07) is -0.398. The molecule has 13 nitrogen and oxygen atoms in total. The van der Waals surface area contributed by atoms with Gasteiger partial charge in [0.05, 0.1) is 31.7 Å². The number of carbonyl (C=O) groups is 3. The monoisotopic (exact) mass is 514 g/mol. The van der Waals surface area contributed by atoms with Crippen LogP contribution < -0.4 is 14.0 Å². The summed E-state index contributed by atoms with van der Waals surface area (Å²) in [6.07, 6.45) is 1.50. The van der Waals surface area contributed by atoms with Crippen LogP contribution in [0.3, 0.4) is 0 Å². The lowest BCUT2D eigenvalue weighted by molar-refractivity contribution is -0.688. The molecule has 4 N–H and O–H groups in total. The van der Waals surface area contributed by atoms with E-state index in [1.54, 1.807) is 31.6 Å². The van der Waals surface area contributed by atoms with Crippen molar-refractivity contribution < 1.29 is 42.3 Å². The summed E-state index contributed by atoms with van der Waals surface area (Å²) in [5.41, 5.74) is 1.11. The lowest BCUT2D eigenvalue weighted by atomic mass is 9.78. The van der Waals surface area contributed by atoms with E-state index in [-0.39, 0.29) is 24.7 Å². The molecule has 184 valence electrons. The minimum atomic E-state index is -4.12. The van der Waals surface area contributed by atoms with Gasteiger partial charge in [-0.25, -0.2) is 18.9 Å². The second-order valence-electron chi connectivity index (χ2n) is 8.20. The molecule has 0 aliphatic carbocycles. The van der Waals surface area contributed by atoms with Crippen molar-refractivity contribution >= 4 is 44.3 Å². The molecule has 2 aliphatic heterocycles. The van der Waals surface area contributed by atoms with Crippen LogP contribution in [-0.4, -0.2) is 65.2 Å². The van der Waals surface area contributed by atoms with Crippen LogP contribution in [0, 0.1) is 11.8 Å². The van der Waals surface area contributed by atoms with Crippen LogP contribution in [0.25, 0.3) is 4.83 Å². The minimum Gasteiger partial charge on any atom is -0.477 e. The summed E-state index contributed by atoms with van der Waals surface area (Å²) in [7, 11) is -3.07. The molecule has 4 rings (SSSR count). The number of carbonyl (C=O) groups excluding carboxylic acids is 2. The number of β-lactam (4-membered cyclic amide) rings is 1. The zero-order valence-electron chi connectivity index (χ0n) is 18.5. The largest absolute Gasteiger partial charge is 0.477 e. The smallest absolute Gasteiger partial charge is 0.421 e. The summed E-state index contributed by atoms with van der Waals surface area (Å²) >= 11 is 1.35. The van der Waals surface area contributed by atoms with Gasteiger partial charge in [0, 0.05) is 16.9 Å². The molecule has 1 fully saturated rings. The van der Waals surface area contributed by atoms with Crippen LogP contribution in [0.4, 0.5) is 4.79 Å². The number of hydrogen-bond donors (Lipinski definition) is 4. The first-order valence-electron chi connectivity index (χ1n) is 10.3. The lowest BCUT2D eigenvalue weighted by Gasteiger charge is -2.46. The van der Waals surface area contributed by atoms with Crippen molar-refractivity contribution in [2.24, 2.45) is 11.8 Å². The average molecular weight is 515 g/mol. The highest BCUT2D eigenvalue weighted by molar-refractivity contribution is 7.88. The molecule has 0 spiro atoms. The fraction of sp³-hybridized carbons (Fsp3) is 0.474. The Morgan fingerprint density at radius 2 is 2.09 bits per heavy atom. The Balaban J connectivity index is 1.56. The second-order valence-corrected chi connectivity index (χ2v) is 10.6. The van der Waals surface area contributed by atoms with Crippen molar-refractivity contribution in [1.29, 1.82) is 0 Å². The Labute approximate surface area is 198 Å². The van der Waals surface area contributed by atoms with Gasteiger partial charge in [-0.3, -0.25) is 4.79 Å². The molecule has 15 heteroatoms. The van der Waals surface area contributed by atoms with Crippen LogP contribution >= 0.6 is 11.3 Å². The quantitative estimate of drug-likeness (QED) is 0.261. The third-order valence-corrected chi connectivity index (χ3v) is 8.01. The molecule has 1 saturated heterocycles. The topological polar surface area (TPSA) is 171 Å². The molecule has 0 bridgehead atoms. The first-order valence-corrected chi connectivity index (χ1v) is 12.6. The Morgan fingerprint density at radius 3 is 2.71 bits per heavy atom. The highest BCUT2D eigenvalue weighted by Crippen LogP contribution is 2.47. The molecule has 2 aliphatic rings. The van der Waals surface area contributed by atoms with Gasteiger partial charge in [0.15, 0.2) is 0 Å². The molecule has 34 heavy (non-hydrogen) atoms. The van der Waals surface area contributed by atoms with E-state index in [9.17, 15) is 33.0 Å². The summed E-state index contributed by atoms with van der Waals surface area (Å²) in [4.78, 5) is 37.7. The number of methoxy groups -OCH3 is 1. The maximum Gasteiger partial charge on any atom is 0.421 e. The highest BCUT2D eigenvalue weighted by atomic mass is 32.2. The van der Waals surface area contributed by atoms with Crippen molar-refractivity contribution in [2.45, 2.75) is 39.1 Å². The first kappa shape index (κ1) is 24.1. The van der Waals surface area contributed by atoms with Gasteiger partial charge < -0.3 is 19.8 Å². The molecular weight excluding hydrogens is 490 g/mol. The number of aliphatic hydroxyl groups is 1. The van der Waals surface area contributed by atoms with Crippen LogP contribution in [0.15, 0.2) is 29.2 Å². The van der Waals surface area contributed by atoms with Gasteiger partial charge in [0.25, 0.3) is 0 Å². The number of aliphatic hydroxyl groups excluding tert-OH is 1. The average Bonchev–Trinajstić information content (AvgIpc) is 3.37. The Morgan fingerprint density at radius 1 is 1.38 bits per heavy atom. The molecule has 2 amide bonds. The minimum absolute atomic E-state index is 0.0525. The van der Waals surface area contributed by atoms with Gasteiger partial charge in [0.2, 0.25) is 17.1 Å². The summed E-state index contributed by atoms with van der Waals surface area (Å²) in [5, 5.41) is 21.5. The molecule has 4 heterocycles. The van der Waals surface area contributed by atoms with Crippen molar-refractivity contribution in [1.82, 2.24) is 18.7 Å². The van der Waals surface area contributed by atoms with E-state index < -0.39 is 46.2 Å². The third kappa shape index (κ3) is 4.04. The molecule has 0 saturated carbocycles. The van der Waals surface area contributed by atoms with Crippen LogP contribution in [-0.2, 0) is 37.6 Å². The second kappa shape index (κ2) is 8.65. The molecule has 4 atom stereocenters. The lowest BCUT2D eigenvalue weighted by Crippen LogP contribution is -2.63. The molecule has 0 radical (unpaired) electrons. The number of rotatable bonds is 8. The highest BCUT2D eigenvalue weighted by Gasteiger charge is 2.60. The summed E-state index contributed by atoms with van der Waals surface area (Å²) in [6.45, 7) is 3.47. The molecular formula is C19H24N5O8S2+. The number of carboxylic acid groups (broad SMARTS) is 1. The van der Waals surface area contributed by atoms with E-state index >= 15 is 0 Å². The standard InChI is InChI=1S/C19H23N5O8S2/c1-9-12(16(18(27)28)24-15(9)14(10(2)25)17(24)26)5-22-6-13-23(8-22)11(7-33-13)4-20-34(30,31)21-19(29)32-3/h6-10,14-15,20,25H,4-5H2,1-3H3,(H-,21,27,28,29)/p+1/t9-,10+,14+,15+/m0/s1. The zero-order chi connectivity index (χ0) is 24.9. The number of thiazole rings is 1. The van der Waals surface area contributed by atoms with Crippen LogP contribution in [0.1, 0.15) is 19.5 Å². The third-order valence-electron chi connectivity index (χ3n) is 6.12. The fourth-order valence-electron chi connectivity index (χ4n) is 4.55. The van der Waals surface area contributed by atoms with Gasteiger partial charge in [-0.15, -0.1) is 0 Å². The summed E-state index contributed by atoms with van der Waals surface area (Å²) < 4.78 is 35.6. The van der Waals surface area contributed by atoms with Gasteiger partial charge in [0.1, 0.15) is 24.1 Å². The van der Waals surface area contributed by atoms with Crippen molar-refractivity contribution in [3.63, 3.8) is 0 Å². The molecule has 0 unspecified atom stereocenters. The van der Waals surface area contributed by atoms with E-state index in [1.165, 1.54) is 23.2 Å². The maximum atomic E-state index is 12.5. The van der Waals surface area contributed by atoms with Gasteiger partial charge >= 0.3 is 22.3 Å². The van der Waals surface area contributed by atoms with E-state index in [0.717, 1.165) is 11.9 Å². The Bertz CT molecular complexity index is 1310.